The number of carbonyl (C=O) groups is 3. The summed E-state index contributed by atoms with van der Waals surface area (Å²) in [6, 6.07) is 11.3. The van der Waals surface area contributed by atoms with Gasteiger partial charge in [0.25, 0.3) is 18.3 Å². The predicted molar refractivity (Wildman–Crippen MR) is 132 cm³/mol. The fraction of sp³-hybridized carbons (Fsp3) is 0.375. The highest BCUT2D eigenvalue weighted by atomic mass is 32.2. The first-order valence-corrected chi connectivity index (χ1v) is 13.2. The van der Waals surface area contributed by atoms with Gasteiger partial charge in [-0.15, -0.1) is 0 Å². The van der Waals surface area contributed by atoms with Crippen molar-refractivity contribution in [3.63, 3.8) is 0 Å². The molecule has 2 aromatic rings. The molecule has 3 aliphatic rings. The number of nitrogens with one attached hydrogen (secondary N) is 2. The Morgan fingerprint density at radius 2 is 1.86 bits per heavy atom. The van der Waals surface area contributed by atoms with Crippen LogP contribution in [0.1, 0.15) is 22.3 Å². The third kappa shape index (κ3) is 7.57. The third-order valence-corrected chi connectivity index (χ3v) is 7.05. The lowest BCUT2D eigenvalue weighted by Crippen LogP contribution is -2.57. The van der Waals surface area contributed by atoms with Gasteiger partial charge in [-0.3, -0.25) is 14.4 Å². The van der Waals surface area contributed by atoms with Crippen molar-refractivity contribution in [3.05, 3.63) is 53.6 Å². The first-order chi connectivity index (χ1) is 17.6. The molecule has 1 fully saturated rings. The Hall–Kier alpha value is -3.84. The number of carbonyl (C=O) groups excluding carboxylic acids is 2. The van der Waals surface area contributed by atoms with Gasteiger partial charge in [-0.25, -0.2) is 8.42 Å². The minimum absolute atomic E-state index is 0.0885. The van der Waals surface area contributed by atoms with Crippen molar-refractivity contribution in [1.82, 2.24) is 14.9 Å². The molecule has 200 valence electrons. The van der Waals surface area contributed by atoms with Crippen LogP contribution < -0.4 is 24.8 Å². The number of ether oxygens (including phenoxy) is 3. The van der Waals surface area contributed by atoms with Crippen LogP contribution in [0.2, 0.25) is 0 Å². The van der Waals surface area contributed by atoms with Gasteiger partial charge in [0.15, 0.2) is 18.1 Å². The van der Waals surface area contributed by atoms with Crippen LogP contribution in [0.15, 0.2) is 42.5 Å². The van der Waals surface area contributed by atoms with Crippen molar-refractivity contribution in [2.75, 3.05) is 33.1 Å². The second kappa shape index (κ2) is 12.4. The van der Waals surface area contributed by atoms with E-state index in [-0.39, 0.29) is 36.8 Å². The van der Waals surface area contributed by atoms with Gasteiger partial charge in [-0.1, -0.05) is 12.1 Å². The van der Waals surface area contributed by atoms with Gasteiger partial charge in [0.05, 0.1) is 19.4 Å². The minimum Gasteiger partial charge on any atom is -0.493 e. The van der Waals surface area contributed by atoms with Crippen LogP contribution in [0.3, 0.4) is 0 Å². The molecule has 0 unspecified atom stereocenters. The van der Waals surface area contributed by atoms with Crippen LogP contribution in [0.25, 0.3) is 0 Å². The lowest BCUT2D eigenvalue weighted by atomic mass is 10.0. The number of benzene rings is 2. The second-order valence-electron chi connectivity index (χ2n) is 8.33. The van der Waals surface area contributed by atoms with E-state index in [1.54, 1.807) is 24.3 Å². The fourth-order valence-electron chi connectivity index (χ4n) is 3.92. The highest BCUT2D eigenvalue weighted by molar-refractivity contribution is 7.88. The first-order valence-electron chi connectivity index (χ1n) is 11.3. The molecule has 0 spiro atoms. The maximum absolute atomic E-state index is 13.1. The number of sulfonamides is 1. The van der Waals surface area contributed by atoms with Gasteiger partial charge in [-0.2, -0.15) is 4.31 Å². The molecule has 37 heavy (non-hydrogen) atoms. The maximum Gasteiger partial charge on any atom is 0.290 e. The van der Waals surface area contributed by atoms with Crippen LogP contribution in [0.5, 0.6) is 17.2 Å². The van der Waals surface area contributed by atoms with E-state index in [4.69, 9.17) is 24.1 Å². The number of piperidine rings is 1. The Morgan fingerprint density at radius 3 is 2.51 bits per heavy atom. The highest BCUT2D eigenvalue weighted by Crippen LogP contribution is 2.29. The standard InChI is InChI=1S/C23H27N3O7S.CH2O2/c1-31-20-8-5-16-11-21(20)32-14-22(27)24-12-15-3-6-17(7-4-15)33-19-9-10-26(34(2,29)30)13-18(19)25-23(16)28;2-1-3/h3-8,11,18-19H,9-10,12-14H2,1-2H3,(H,24,27)(H,25,28);1H,(H,2,3)/t18-,19+;/m0./s1. The van der Waals surface area contributed by atoms with E-state index < -0.39 is 28.1 Å². The number of hydrogen-bond acceptors (Lipinski definition) is 8. The highest BCUT2D eigenvalue weighted by Gasteiger charge is 2.35. The molecule has 12 nitrogen and oxygen atoms in total. The smallest absolute Gasteiger partial charge is 0.290 e. The Balaban J connectivity index is 0.00000121. The number of fused-ring (bicyclic) bond motifs is 7. The average Bonchev–Trinajstić information content (AvgIpc) is 2.87. The number of nitrogens with zero attached hydrogens (tertiary/aromatic N) is 1. The fourth-order valence-corrected chi connectivity index (χ4v) is 4.79. The molecule has 0 aliphatic carbocycles. The topological polar surface area (TPSA) is 161 Å². The first kappa shape index (κ1) is 27.7. The van der Waals surface area contributed by atoms with Gasteiger partial charge < -0.3 is 30.0 Å². The maximum atomic E-state index is 13.1. The molecule has 0 radical (unpaired) electrons. The molecule has 2 aromatic carbocycles. The van der Waals surface area contributed by atoms with Crippen molar-refractivity contribution in [1.29, 1.82) is 0 Å². The zero-order chi connectivity index (χ0) is 27.0. The number of amides is 2. The summed E-state index contributed by atoms with van der Waals surface area (Å²) in [5.41, 5.74) is 1.15. The van der Waals surface area contributed by atoms with Crippen LogP contribution in [0.4, 0.5) is 0 Å². The van der Waals surface area contributed by atoms with E-state index in [1.165, 1.54) is 17.5 Å². The van der Waals surface area contributed by atoms with Gasteiger partial charge >= 0.3 is 0 Å². The average molecular weight is 536 g/mol. The Labute approximate surface area is 214 Å². The molecule has 2 amide bonds. The molecule has 3 aliphatic heterocycles. The summed E-state index contributed by atoms with van der Waals surface area (Å²) in [7, 11) is -1.97. The van der Waals surface area contributed by atoms with Crippen LogP contribution in [-0.2, 0) is 26.2 Å². The Bertz CT molecular complexity index is 1220. The molecule has 0 aromatic heterocycles. The summed E-state index contributed by atoms with van der Waals surface area (Å²) in [6.45, 7) is 0.192. The molecular weight excluding hydrogens is 506 g/mol. The summed E-state index contributed by atoms with van der Waals surface area (Å²) >= 11 is 0. The molecule has 3 heterocycles. The largest absolute Gasteiger partial charge is 0.493 e. The minimum atomic E-state index is -3.43. The zero-order valence-corrected chi connectivity index (χ0v) is 21.2. The number of methoxy groups -OCH3 is 1. The van der Waals surface area contributed by atoms with E-state index in [0.717, 1.165) is 11.8 Å². The third-order valence-electron chi connectivity index (χ3n) is 5.78. The van der Waals surface area contributed by atoms with E-state index in [2.05, 4.69) is 10.6 Å². The van der Waals surface area contributed by atoms with E-state index in [9.17, 15) is 18.0 Å². The van der Waals surface area contributed by atoms with Gasteiger partial charge in [0.1, 0.15) is 11.9 Å². The van der Waals surface area contributed by atoms with Crippen LogP contribution in [-0.4, -0.2) is 81.3 Å². The number of carboxylic acid groups (broad SMARTS) is 1. The summed E-state index contributed by atoms with van der Waals surface area (Å²) in [4.78, 5) is 33.7. The monoisotopic (exact) mass is 535 g/mol. The summed E-state index contributed by atoms with van der Waals surface area (Å²) in [5.74, 6) is 0.456. The zero-order valence-electron chi connectivity index (χ0n) is 20.4. The van der Waals surface area contributed by atoms with E-state index in [1.807, 2.05) is 12.1 Å². The van der Waals surface area contributed by atoms with E-state index >= 15 is 0 Å². The van der Waals surface area contributed by atoms with Crippen molar-refractivity contribution < 1.29 is 42.1 Å². The molecule has 4 bridgehead atoms. The SMILES string of the molecule is COc1ccc2cc1OCC(=O)NCc1ccc(cc1)O[C@@H]1CCN(S(C)(=O)=O)C[C@@H]1NC2=O.O=CO. The van der Waals surface area contributed by atoms with Crippen molar-refractivity contribution in [2.45, 2.75) is 25.1 Å². The molecule has 1 saturated heterocycles. The van der Waals surface area contributed by atoms with Crippen molar-refractivity contribution in [3.8, 4) is 17.2 Å². The van der Waals surface area contributed by atoms with Crippen LogP contribution in [0, 0.1) is 0 Å². The molecule has 13 heteroatoms. The quantitative estimate of drug-likeness (QED) is 0.468. The predicted octanol–water partition coefficient (Wildman–Crippen LogP) is 0.616. The lowest BCUT2D eigenvalue weighted by molar-refractivity contribution is -0.123. The number of hydrogen-bond donors (Lipinski definition) is 3. The summed E-state index contributed by atoms with van der Waals surface area (Å²) in [5, 5.41) is 12.6. The Morgan fingerprint density at radius 1 is 1.16 bits per heavy atom. The molecular formula is C24H29N3O9S. The van der Waals surface area contributed by atoms with Crippen molar-refractivity contribution >= 4 is 28.3 Å². The lowest BCUT2D eigenvalue weighted by Gasteiger charge is -2.37. The second-order valence-corrected chi connectivity index (χ2v) is 10.3. The van der Waals surface area contributed by atoms with Crippen molar-refractivity contribution in [2.24, 2.45) is 0 Å². The van der Waals surface area contributed by atoms with Crippen LogP contribution >= 0.6 is 0 Å². The van der Waals surface area contributed by atoms with Gasteiger partial charge in [-0.05, 0) is 35.9 Å². The van der Waals surface area contributed by atoms with Gasteiger partial charge in [0.2, 0.25) is 10.0 Å². The molecule has 0 saturated carbocycles. The van der Waals surface area contributed by atoms with Gasteiger partial charge in [0, 0.05) is 31.6 Å². The Kier molecular flexibility index (Phi) is 9.31. The summed E-state index contributed by atoms with van der Waals surface area (Å²) in [6.07, 6.45) is 1.12. The molecule has 3 N–H and O–H groups in total. The molecule has 2 atom stereocenters. The van der Waals surface area contributed by atoms with E-state index in [0.29, 0.717) is 31.0 Å². The molecule has 5 rings (SSSR count). The summed E-state index contributed by atoms with van der Waals surface area (Å²) < 4.78 is 42.7. The number of rotatable bonds is 2. The normalized spacial score (nSPS) is 20.4.